The highest BCUT2D eigenvalue weighted by molar-refractivity contribution is 5.75. The lowest BCUT2D eigenvalue weighted by atomic mass is 9.88. The molecule has 0 N–H and O–H groups in total. The highest BCUT2D eigenvalue weighted by atomic mass is 16.8. The normalized spacial score (nSPS) is 35.3. The molecule has 0 amide bonds. The van der Waals surface area contributed by atoms with Crippen LogP contribution in [0.3, 0.4) is 0 Å². The Bertz CT molecular complexity index is 791. The third-order valence-electron chi connectivity index (χ3n) is 5.54. The fourth-order valence-corrected chi connectivity index (χ4v) is 4.33. The van der Waals surface area contributed by atoms with Gasteiger partial charge in [0.25, 0.3) is 0 Å². The second kappa shape index (κ2) is 7.68. The van der Waals surface area contributed by atoms with Crippen molar-refractivity contribution in [3.8, 4) is 0 Å². The number of rotatable bonds is 2. The van der Waals surface area contributed by atoms with E-state index in [2.05, 4.69) is 0 Å². The van der Waals surface area contributed by atoms with E-state index in [1.165, 1.54) is 14.0 Å². The first-order valence-electron chi connectivity index (χ1n) is 9.73. The zero-order valence-corrected chi connectivity index (χ0v) is 17.0. The lowest BCUT2D eigenvalue weighted by Crippen LogP contribution is -2.49. The van der Waals surface area contributed by atoms with Gasteiger partial charge in [-0.1, -0.05) is 24.3 Å². The van der Waals surface area contributed by atoms with Gasteiger partial charge in [0.15, 0.2) is 12.1 Å². The first kappa shape index (κ1) is 20.3. The SMILES string of the molecule is COC(=O)[C@@H]1Cc2ccccc2CO[C@H]2[C@H](O[C@@H]3OC(C)(C)O[C@@H]32)[C@H]1OC(C)=O. The molecule has 29 heavy (non-hydrogen) atoms. The second-order valence-corrected chi connectivity index (χ2v) is 8.02. The Kier molecular flexibility index (Phi) is 5.37. The molecule has 3 aliphatic heterocycles. The molecule has 1 aromatic rings. The molecule has 0 bridgehead atoms. The van der Waals surface area contributed by atoms with E-state index in [1.807, 2.05) is 24.3 Å². The van der Waals surface area contributed by atoms with Crippen LogP contribution in [-0.4, -0.2) is 55.5 Å². The van der Waals surface area contributed by atoms with Crippen LogP contribution in [0.25, 0.3) is 0 Å². The Morgan fingerprint density at radius 1 is 1.07 bits per heavy atom. The molecule has 158 valence electrons. The maximum Gasteiger partial charge on any atom is 0.312 e. The third-order valence-corrected chi connectivity index (χ3v) is 5.54. The Labute approximate surface area is 169 Å². The van der Waals surface area contributed by atoms with Gasteiger partial charge in [0.1, 0.15) is 30.3 Å². The molecule has 0 unspecified atom stereocenters. The van der Waals surface area contributed by atoms with Crippen LogP contribution in [-0.2, 0) is 51.0 Å². The van der Waals surface area contributed by atoms with Gasteiger partial charge in [0.05, 0.1) is 13.7 Å². The molecule has 3 heterocycles. The summed E-state index contributed by atoms with van der Waals surface area (Å²) in [4.78, 5) is 24.6. The van der Waals surface area contributed by atoms with Gasteiger partial charge in [-0.25, -0.2) is 0 Å². The summed E-state index contributed by atoms with van der Waals surface area (Å²) in [5.41, 5.74) is 1.88. The molecule has 4 rings (SSSR count). The van der Waals surface area contributed by atoms with Crippen molar-refractivity contribution >= 4 is 11.9 Å². The topological polar surface area (TPSA) is 89.5 Å². The molecule has 3 aliphatic rings. The average Bonchev–Trinajstić information content (AvgIpc) is 3.15. The summed E-state index contributed by atoms with van der Waals surface area (Å²) in [6.07, 6.45) is -3.06. The average molecular weight is 406 g/mol. The molecule has 6 atom stereocenters. The number of fused-ring (bicyclic) bond motifs is 4. The lowest BCUT2D eigenvalue weighted by Gasteiger charge is -2.32. The molecule has 0 radical (unpaired) electrons. The smallest absolute Gasteiger partial charge is 0.312 e. The molecule has 0 spiro atoms. The fraction of sp³-hybridized carbons (Fsp3) is 0.619. The van der Waals surface area contributed by atoms with E-state index in [9.17, 15) is 9.59 Å². The van der Waals surface area contributed by atoms with Crippen LogP contribution in [0.2, 0.25) is 0 Å². The molecule has 8 nitrogen and oxygen atoms in total. The molecular formula is C21H26O8. The largest absolute Gasteiger partial charge is 0.469 e. The van der Waals surface area contributed by atoms with E-state index in [0.717, 1.165) is 11.1 Å². The molecule has 0 saturated carbocycles. The Morgan fingerprint density at radius 2 is 1.79 bits per heavy atom. The Morgan fingerprint density at radius 3 is 2.48 bits per heavy atom. The van der Waals surface area contributed by atoms with E-state index < -0.39 is 54.3 Å². The monoisotopic (exact) mass is 406 g/mol. The van der Waals surface area contributed by atoms with Crippen LogP contribution >= 0.6 is 0 Å². The van der Waals surface area contributed by atoms with Gasteiger partial charge in [-0.2, -0.15) is 0 Å². The summed E-state index contributed by atoms with van der Waals surface area (Å²) in [5.74, 6) is -2.57. The molecule has 0 aromatic heterocycles. The molecular weight excluding hydrogens is 380 g/mol. The summed E-state index contributed by atoms with van der Waals surface area (Å²) in [6.45, 7) is 5.22. The summed E-state index contributed by atoms with van der Waals surface area (Å²) in [6, 6.07) is 7.70. The molecule has 8 heteroatoms. The number of benzene rings is 1. The molecule has 0 aliphatic carbocycles. The Balaban J connectivity index is 1.75. The maximum absolute atomic E-state index is 12.7. The van der Waals surface area contributed by atoms with Crippen LogP contribution in [0, 0.1) is 5.92 Å². The minimum Gasteiger partial charge on any atom is -0.469 e. The zero-order chi connectivity index (χ0) is 20.8. The Hall–Kier alpha value is -2.00. The third kappa shape index (κ3) is 3.90. The maximum atomic E-state index is 12.7. The van der Waals surface area contributed by atoms with Crippen LogP contribution < -0.4 is 0 Å². The van der Waals surface area contributed by atoms with Crippen LogP contribution in [0.5, 0.6) is 0 Å². The quantitative estimate of drug-likeness (QED) is 0.686. The van der Waals surface area contributed by atoms with Crippen LogP contribution in [0.1, 0.15) is 31.9 Å². The number of esters is 2. The van der Waals surface area contributed by atoms with Gasteiger partial charge in [-0.15, -0.1) is 0 Å². The molecule has 2 saturated heterocycles. The van der Waals surface area contributed by atoms with Crippen LogP contribution in [0.15, 0.2) is 24.3 Å². The van der Waals surface area contributed by atoms with Crippen molar-refractivity contribution in [2.75, 3.05) is 7.11 Å². The number of ether oxygens (including phenoxy) is 6. The van der Waals surface area contributed by atoms with Gasteiger partial charge in [0, 0.05) is 6.92 Å². The lowest BCUT2D eigenvalue weighted by molar-refractivity contribution is -0.237. The number of hydrogen-bond donors (Lipinski definition) is 0. The van der Waals surface area contributed by atoms with Crippen molar-refractivity contribution < 1.29 is 38.0 Å². The van der Waals surface area contributed by atoms with Crippen molar-refractivity contribution in [2.24, 2.45) is 5.92 Å². The first-order valence-corrected chi connectivity index (χ1v) is 9.73. The number of carbonyl (C=O) groups is 2. The van der Waals surface area contributed by atoms with Crippen molar-refractivity contribution in [3.05, 3.63) is 35.4 Å². The van der Waals surface area contributed by atoms with Gasteiger partial charge in [-0.3, -0.25) is 9.59 Å². The van der Waals surface area contributed by atoms with E-state index in [1.54, 1.807) is 13.8 Å². The summed E-state index contributed by atoms with van der Waals surface area (Å²) in [5, 5.41) is 0. The first-order chi connectivity index (χ1) is 13.8. The molecule has 2 fully saturated rings. The van der Waals surface area contributed by atoms with Gasteiger partial charge in [-0.05, 0) is 31.4 Å². The highest BCUT2D eigenvalue weighted by Crippen LogP contribution is 2.42. The molecule has 1 aromatic carbocycles. The van der Waals surface area contributed by atoms with Crippen molar-refractivity contribution in [1.29, 1.82) is 0 Å². The van der Waals surface area contributed by atoms with Gasteiger partial charge >= 0.3 is 11.9 Å². The van der Waals surface area contributed by atoms with Crippen LogP contribution in [0.4, 0.5) is 0 Å². The second-order valence-electron chi connectivity index (χ2n) is 8.02. The minimum absolute atomic E-state index is 0.314. The number of hydrogen-bond acceptors (Lipinski definition) is 8. The zero-order valence-electron chi connectivity index (χ0n) is 17.0. The van der Waals surface area contributed by atoms with Crippen molar-refractivity contribution in [3.63, 3.8) is 0 Å². The van der Waals surface area contributed by atoms with E-state index >= 15 is 0 Å². The van der Waals surface area contributed by atoms with E-state index in [0.29, 0.717) is 13.0 Å². The van der Waals surface area contributed by atoms with Crippen molar-refractivity contribution in [2.45, 2.75) is 70.3 Å². The predicted molar refractivity (Wildman–Crippen MR) is 98.5 cm³/mol. The highest BCUT2D eigenvalue weighted by Gasteiger charge is 2.59. The van der Waals surface area contributed by atoms with Gasteiger partial charge < -0.3 is 28.4 Å². The number of methoxy groups -OCH3 is 1. The summed E-state index contributed by atoms with van der Waals surface area (Å²) < 4.78 is 34.8. The summed E-state index contributed by atoms with van der Waals surface area (Å²) in [7, 11) is 1.32. The van der Waals surface area contributed by atoms with Gasteiger partial charge in [0.2, 0.25) is 0 Å². The van der Waals surface area contributed by atoms with Crippen molar-refractivity contribution in [1.82, 2.24) is 0 Å². The summed E-state index contributed by atoms with van der Waals surface area (Å²) >= 11 is 0. The predicted octanol–water partition coefficient (Wildman–Crippen LogP) is 1.73. The number of carbonyl (C=O) groups excluding carboxylic acids is 2. The standard InChI is InChI=1S/C21H26O8/c1-11(22)26-15-14(19(23)24-4)9-12-7-5-6-8-13(12)10-25-16-17(15)27-20-18(16)28-21(2,3)29-20/h5-8,14-18,20H,9-10H2,1-4H3/t14-,15+,16+,17-,18-,20-/m1/s1. The van der Waals surface area contributed by atoms with E-state index in [4.69, 9.17) is 28.4 Å². The minimum atomic E-state index is -0.906. The van der Waals surface area contributed by atoms with E-state index in [-0.39, 0.29) is 0 Å². The fourth-order valence-electron chi connectivity index (χ4n) is 4.33.